The summed E-state index contributed by atoms with van der Waals surface area (Å²) in [6, 6.07) is 8.84. The second-order valence-corrected chi connectivity index (χ2v) is 8.83. The van der Waals surface area contributed by atoms with Crippen molar-refractivity contribution in [3.8, 4) is 0 Å². The lowest BCUT2D eigenvalue weighted by Crippen LogP contribution is -2.54. The van der Waals surface area contributed by atoms with Gasteiger partial charge in [0, 0.05) is 0 Å². The second-order valence-electron chi connectivity index (χ2n) is 8.83. The molecule has 1 saturated heterocycles. The van der Waals surface area contributed by atoms with Crippen LogP contribution in [0.5, 0.6) is 0 Å². The molecule has 0 bridgehead atoms. The number of urea groups is 1. The van der Waals surface area contributed by atoms with E-state index in [0.29, 0.717) is 6.42 Å². The number of imide groups is 1. The fraction of sp³-hybridized carbons (Fsp3) is 0.583. The summed E-state index contributed by atoms with van der Waals surface area (Å²) < 4.78 is 5.26. The van der Waals surface area contributed by atoms with Crippen LogP contribution in [-0.2, 0) is 19.1 Å². The number of carbonyl (C=O) groups excluding carboxylic acids is 4. The largest absolute Gasteiger partial charge is 0.451 e. The Morgan fingerprint density at radius 2 is 1.97 bits per heavy atom. The van der Waals surface area contributed by atoms with E-state index in [1.807, 2.05) is 44.2 Å². The minimum absolute atomic E-state index is 0.00640. The van der Waals surface area contributed by atoms with Gasteiger partial charge in [0.15, 0.2) is 6.10 Å². The van der Waals surface area contributed by atoms with Crippen molar-refractivity contribution in [1.29, 1.82) is 0 Å². The molecule has 1 aromatic carbocycles. The number of rotatable bonds is 8. The number of carbonyl (C=O) groups is 4. The summed E-state index contributed by atoms with van der Waals surface area (Å²) in [7, 11) is 0. The van der Waals surface area contributed by atoms with Gasteiger partial charge in [-0.15, -0.1) is 0 Å². The van der Waals surface area contributed by atoms with E-state index in [1.54, 1.807) is 0 Å². The van der Waals surface area contributed by atoms with Crippen molar-refractivity contribution in [2.75, 3.05) is 6.54 Å². The van der Waals surface area contributed by atoms with Crippen LogP contribution in [0.2, 0.25) is 0 Å². The zero-order valence-corrected chi connectivity index (χ0v) is 19.1. The first kappa shape index (κ1) is 23.8. The zero-order valence-electron chi connectivity index (χ0n) is 19.1. The van der Waals surface area contributed by atoms with Gasteiger partial charge in [0.1, 0.15) is 12.1 Å². The van der Waals surface area contributed by atoms with Gasteiger partial charge >= 0.3 is 12.0 Å². The molecular formula is C24H33N3O5. The Labute approximate surface area is 189 Å². The van der Waals surface area contributed by atoms with Crippen LogP contribution in [0.15, 0.2) is 30.3 Å². The van der Waals surface area contributed by atoms with Crippen molar-refractivity contribution in [1.82, 2.24) is 15.5 Å². The average Bonchev–Trinajstić information content (AvgIpc) is 3.00. The Kier molecular flexibility index (Phi) is 7.53. The zero-order chi connectivity index (χ0) is 23.3. The van der Waals surface area contributed by atoms with Crippen LogP contribution in [0.1, 0.15) is 70.9 Å². The maximum Gasteiger partial charge on any atom is 0.327 e. The quantitative estimate of drug-likeness (QED) is 0.475. The molecule has 2 N–H and O–H groups in total. The van der Waals surface area contributed by atoms with Gasteiger partial charge in [-0.05, 0) is 37.7 Å². The summed E-state index contributed by atoms with van der Waals surface area (Å²) >= 11 is 0. The Bertz CT molecular complexity index is 858. The van der Waals surface area contributed by atoms with E-state index >= 15 is 0 Å². The molecule has 2 aliphatic rings. The average molecular weight is 444 g/mol. The Morgan fingerprint density at radius 1 is 1.25 bits per heavy atom. The van der Waals surface area contributed by atoms with Crippen LogP contribution in [0.3, 0.4) is 0 Å². The van der Waals surface area contributed by atoms with Crippen LogP contribution < -0.4 is 10.6 Å². The molecule has 1 heterocycles. The Morgan fingerprint density at radius 3 is 2.62 bits per heavy atom. The molecule has 0 aromatic heterocycles. The molecule has 1 aromatic rings. The van der Waals surface area contributed by atoms with Crippen LogP contribution in [0.25, 0.3) is 0 Å². The van der Waals surface area contributed by atoms with Gasteiger partial charge in [-0.1, -0.05) is 63.4 Å². The Hall–Kier alpha value is -2.90. The van der Waals surface area contributed by atoms with Gasteiger partial charge in [0.25, 0.3) is 11.8 Å². The fourth-order valence-electron chi connectivity index (χ4n) is 4.64. The standard InChI is InChI=1S/C24H33N3O5/c1-4-10-19(18-12-6-5-7-13-18)25-21(29)17(3)32-20(28)15-27-22(30)24(26-23(27)31)14-9-8-11-16(24)2/h5-7,12-13,16-17,19H,4,8-11,14-15H2,1-3H3,(H,25,29)(H,26,31). The van der Waals surface area contributed by atoms with E-state index in [9.17, 15) is 19.2 Å². The van der Waals surface area contributed by atoms with E-state index in [-0.39, 0.29) is 17.9 Å². The highest BCUT2D eigenvalue weighted by Crippen LogP contribution is 2.38. The maximum atomic E-state index is 13.0. The molecule has 2 fully saturated rings. The molecule has 1 aliphatic carbocycles. The molecule has 8 heteroatoms. The minimum Gasteiger partial charge on any atom is -0.451 e. The van der Waals surface area contributed by atoms with Gasteiger partial charge in [-0.2, -0.15) is 0 Å². The van der Waals surface area contributed by atoms with Crippen molar-refractivity contribution < 1.29 is 23.9 Å². The highest BCUT2D eigenvalue weighted by atomic mass is 16.5. The molecular weight excluding hydrogens is 410 g/mol. The van der Waals surface area contributed by atoms with Gasteiger partial charge in [0.2, 0.25) is 0 Å². The number of ether oxygens (including phenoxy) is 1. The first-order valence-electron chi connectivity index (χ1n) is 11.5. The van der Waals surface area contributed by atoms with E-state index in [2.05, 4.69) is 10.6 Å². The van der Waals surface area contributed by atoms with E-state index in [0.717, 1.165) is 42.6 Å². The van der Waals surface area contributed by atoms with Gasteiger partial charge < -0.3 is 15.4 Å². The highest BCUT2D eigenvalue weighted by molar-refractivity contribution is 6.09. The van der Waals surface area contributed by atoms with Gasteiger partial charge in [-0.25, -0.2) is 4.79 Å². The summed E-state index contributed by atoms with van der Waals surface area (Å²) in [5.41, 5.74) is 0.0502. The lowest BCUT2D eigenvalue weighted by atomic mass is 9.73. The van der Waals surface area contributed by atoms with E-state index in [4.69, 9.17) is 4.74 Å². The van der Waals surface area contributed by atoms with Crippen LogP contribution >= 0.6 is 0 Å². The van der Waals surface area contributed by atoms with Gasteiger partial charge in [-0.3, -0.25) is 19.3 Å². The van der Waals surface area contributed by atoms with Gasteiger partial charge in [0.05, 0.1) is 6.04 Å². The lowest BCUT2D eigenvalue weighted by molar-refractivity contribution is -0.157. The number of amides is 4. The number of hydrogen-bond donors (Lipinski definition) is 2. The molecule has 4 amide bonds. The van der Waals surface area contributed by atoms with Crippen LogP contribution in [-0.4, -0.2) is 46.9 Å². The summed E-state index contributed by atoms with van der Waals surface area (Å²) in [6.07, 6.45) is 3.87. The molecule has 3 rings (SSSR count). The highest BCUT2D eigenvalue weighted by Gasteiger charge is 2.55. The van der Waals surface area contributed by atoms with E-state index < -0.39 is 36.1 Å². The van der Waals surface area contributed by atoms with Crippen LogP contribution in [0, 0.1) is 5.92 Å². The van der Waals surface area contributed by atoms with Crippen molar-refractivity contribution in [2.45, 2.75) is 77.0 Å². The predicted molar refractivity (Wildman–Crippen MR) is 118 cm³/mol. The summed E-state index contributed by atoms with van der Waals surface area (Å²) in [5, 5.41) is 5.74. The summed E-state index contributed by atoms with van der Waals surface area (Å²) in [4.78, 5) is 51.4. The second kappa shape index (κ2) is 10.1. The molecule has 174 valence electrons. The molecule has 4 atom stereocenters. The number of esters is 1. The minimum atomic E-state index is -1.05. The van der Waals surface area contributed by atoms with Crippen molar-refractivity contribution in [3.63, 3.8) is 0 Å². The topological polar surface area (TPSA) is 105 Å². The first-order chi connectivity index (χ1) is 15.3. The molecule has 1 aliphatic heterocycles. The van der Waals surface area contributed by atoms with Crippen LogP contribution in [0.4, 0.5) is 4.79 Å². The molecule has 8 nitrogen and oxygen atoms in total. The number of benzene rings is 1. The number of nitrogens with zero attached hydrogens (tertiary/aromatic N) is 1. The summed E-state index contributed by atoms with van der Waals surface area (Å²) in [6.45, 7) is 4.96. The third kappa shape index (κ3) is 4.95. The smallest absolute Gasteiger partial charge is 0.327 e. The number of hydrogen-bond acceptors (Lipinski definition) is 5. The van der Waals surface area contributed by atoms with Crippen molar-refractivity contribution >= 4 is 23.8 Å². The predicted octanol–water partition coefficient (Wildman–Crippen LogP) is 3.08. The van der Waals surface area contributed by atoms with Crippen molar-refractivity contribution in [3.05, 3.63) is 35.9 Å². The monoisotopic (exact) mass is 443 g/mol. The molecule has 1 saturated carbocycles. The fourth-order valence-corrected chi connectivity index (χ4v) is 4.64. The summed E-state index contributed by atoms with van der Waals surface area (Å²) in [5.74, 6) is -1.58. The molecule has 1 spiro atoms. The van der Waals surface area contributed by atoms with Crippen molar-refractivity contribution in [2.24, 2.45) is 5.92 Å². The maximum absolute atomic E-state index is 13.0. The normalized spacial score (nSPS) is 24.7. The third-order valence-corrected chi connectivity index (χ3v) is 6.56. The molecule has 32 heavy (non-hydrogen) atoms. The van der Waals surface area contributed by atoms with E-state index in [1.165, 1.54) is 6.92 Å². The molecule has 0 radical (unpaired) electrons. The third-order valence-electron chi connectivity index (χ3n) is 6.56. The first-order valence-corrected chi connectivity index (χ1v) is 11.5. The SMILES string of the molecule is CCCC(NC(=O)C(C)OC(=O)CN1C(=O)NC2(CCCCC2C)C1=O)c1ccccc1. The Balaban J connectivity index is 1.57. The molecule has 4 unspecified atom stereocenters. The number of nitrogens with one attached hydrogen (secondary N) is 2. The lowest BCUT2D eigenvalue weighted by Gasteiger charge is -2.36.